The molecule has 1 N–H and O–H groups in total. The van der Waals surface area contributed by atoms with Crippen LogP contribution in [0, 0.1) is 6.92 Å². The first-order valence-electron chi connectivity index (χ1n) is 9.88. The third-order valence-electron chi connectivity index (χ3n) is 5.02. The molecule has 0 aliphatic heterocycles. The van der Waals surface area contributed by atoms with Gasteiger partial charge in [-0.25, -0.2) is 9.50 Å². The summed E-state index contributed by atoms with van der Waals surface area (Å²) in [5, 5.41) is 6.68. The molecule has 0 bridgehead atoms. The van der Waals surface area contributed by atoms with Gasteiger partial charge in [0, 0.05) is 23.8 Å². The molecule has 11 heteroatoms. The van der Waals surface area contributed by atoms with Crippen molar-refractivity contribution in [2.45, 2.75) is 13.1 Å². The van der Waals surface area contributed by atoms with Gasteiger partial charge in [0.25, 0.3) is 5.91 Å². The number of halogens is 4. The minimum Gasteiger partial charge on any atom is -0.495 e. The van der Waals surface area contributed by atoms with E-state index >= 15 is 0 Å². The molecule has 0 radical (unpaired) electrons. The summed E-state index contributed by atoms with van der Waals surface area (Å²) in [6, 6.07) is 11.9. The predicted octanol–water partition coefficient (Wildman–Crippen LogP) is 5.65. The Morgan fingerprint density at radius 2 is 1.71 bits per heavy atom. The summed E-state index contributed by atoms with van der Waals surface area (Å²) in [6.45, 7) is 1.87. The van der Waals surface area contributed by atoms with Crippen LogP contribution < -0.4 is 14.8 Å². The van der Waals surface area contributed by atoms with Crippen molar-refractivity contribution >= 4 is 28.8 Å². The summed E-state index contributed by atoms with van der Waals surface area (Å²) in [5.74, 6) is -0.256. The number of aryl methyl sites for hydroxylation is 1. The van der Waals surface area contributed by atoms with Gasteiger partial charge < -0.3 is 14.8 Å². The van der Waals surface area contributed by atoms with Crippen molar-refractivity contribution in [1.29, 1.82) is 0 Å². The summed E-state index contributed by atoms with van der Waals surface area (Å²) in [4.78, 5) is 17.2. The van der Waals surface area contributed by atoms with E-state index in [0.29, 0.717) is 10.1 Å². The smallest absolute Gasteiger partial charge is 0.433 e. The van der Waals surface area contributed by atoms with Crippen molar-refractivity contribution in [3.8, 4) is 22.8 Å². The zero-order valence-corrected chi connectivity index (χ0v) is 19.0. The van der Waals surface area contributed by atoms with Gasteiger partial charge in [0.15, 0.2) is 17.0 Å². The molecule has 176 valence electrons. The number of anilines is 1. The average Bonchev–Trinajstić information content (AvgIpc) is 3.23. The summed E-state index contributed by atoms with van der Waals surface area (Å²) < 4.78 is 52.4. The fraction of sp³-hybridized carbons (Fsp3) is 0.174. The highest BCUT2D eigenvalue weighted by Crippen LogP contribution is 2.36. The second-order valence-electron chi connectivity index (χ2n) is 7.33. The SMILES string of the molecule is COc1cc(NC(=O)c2cc3nc(-c4ccc(C)cc4)cc(C(F)(F)F)n3n2)c(OC)cc1Cl. The third-order valence-corrected chi connectivity index (χ3v) is 5.32. The molecule has 1 amide bonds. The Kier molecular flexibility index (Phi) is 6.09. The summed E-state index contributed by atoms with van der Waals surface area (Å²) >= 11 is 6.07. The monoisotopic (exact) mass is 490 g/mol. The fourth-order valence-electron chi connectivity index (χ4n) is 3.30. The number of hydrogen-bond donors (Lipinski definition) is 1. The van der Waals surface area contributed by atoms with Crippen LogP contribution in [0.1, 0.15) is 21.7 Å². The molecule has 0 saturated heterocycles. The van der Waals surface area contributed by atoms with Crippen LogP contribution in [-0.2, 0) is 6.18 Å². The number of nitrogens with zero attached hydrogens (tertiary/aromatic N) is 3. The highest BCUT2D eigenvalue weighted by molar-refractivity contribution is 6.32. The summed E-state index contributed by atoms with van der Waals surface area (Å²) in [7, 11) is 2.78. The highest BCUT2D eigenvalue weighted by Gasteiger charge is 2.35. The van der Waals surface area contributed by atoms with Crippen LogP contribution in [0.4, 0.5) is 18.9 Å². The molecule has 2 aromatic heterocycles. The van der Waals surface area contributed by atoms with Crippen molar-refractivity contribution in [1.82, 2.24) is 14.6 Å². The van der Waals surface area contributed by atoms with E-state index in [9.17, 15) is 18.0 Å². The molecule has 0 aliphatic carbocycles. The van der Waals surface area contributed by atoms with Crippen LogP contribution in [0.3, 0.4) is 0 Å². The van der Waals surface area contributed by atoms with Gasteiger partial charge in [0.05, 0.1) is 30.6 Å². The number of carbonyl (C=O) groups is 1. The zero-order chi connectivity index (χ0) is 24.6. The van der Waals surface area contributed by atoms with Crippen molar-refractivity contribution in [3.05, 3.63) is 70.5 Å². The Hall–Kier alpha value is -3.79. The van der Waals surface area contributed by atoms with E-state index in [0.717, 1.165) is 11.6 Å². The van der Waals surface area contributed by atoms with Crippen LogP contribution in [0.25, 0.3) is 16.9 Å². The first-order valence-corrected chi connectivity index (χ1v) is 10.3. The zero-order valence-electron chi connectivity index (χ0n) is 18.2. The number of fused-ring (bicyclic) bond motifs is 1. The second kappa shape index (κ2) is 8.86. The maximum Gasteiger partial charge on any atom is 0.433 e. The number of alkyl halides is 3. The lowest BCUT2D eigenvalue weighted by Crippen LogP contribution is -2.16. The third kappa shape index (κ3) is 4.49. The molecule has 34 heavy (non-hydrogen) atoms. The van der Waals surface area contributed by atoms with Gasteiger partial charge in [-0.2, -0.15) is 18.3 Å². The quantitative estimate of drug-likeness (QED) is 0.391. The normalized spacial score (nSPS) is 11.5. The van der Waals surface area contributed by atoms with Crippen LogP contribution in [0.2, 0.25) is 5.02 Å². The molecule has 4 aromatic rings. The summed E-state index contributed by atoms with van der Waals surface area (Å²) in [5.41, 5.74) is 0.317. The van der Waals surface area contributed by atoms with E-state index in [1.54, 1.807) is 24.3 Å². The van der Waals surface area contributed by atoms with Gasteiger partial charge in [-0.15, -0.1) is 0 Å². The molecule has 2 heterocycles. The number of ether oxygens (including phenoxy) is 2. The van der Waals surface area contributed by atoms with Crippen LogP contribution in [0.5, 0.6) is 11.5 Å². The van der Waals surface area contributed by atoms with Gasteiger partial charge in [-0.1, -0.05) is 41.4 Å². The molecule has 0 atom stereocenters. The molecule has 2 aromatic carbocycles. The highest BCUT2D eigenvalue weighted by atomic mass is 35.5. The lowest BCUT2D eigenvalue weighted by atomic mass is 10.1. The number of carbonyl (C=O) groups excluding carboxylic acids is 1. The Bertz CT molecular complexity index is 1390. The minimum absolute atomic E-state index is 0.107. The van der Waals surface area contributed by atoms with Gasteiger partial charge >= 0.3 is 6.18 Å². The first-order chi connectivity index (χ1) is 16.1. The van der Waals surface area contributed by atoms with E-state index < -0.39 is 17.8 Å². The molecule has 7 nitrogen and oxygen atoms in total. The molecule has 4 rings (SSSR count). The van der Waals surface area contributed by atoms with Crippen LogP contribution in [0.15, 0.2) is 48.5 Å². The number of amides is 1. The standard InChI is InChI=1S/C23H18ClF3N4O3/c1-12-4-6-13(7-5-12)15-10-20(23(25,26)27)31-21(28-15)11-17(30-31)22(32)29-16-9-18(33-2)14(24)8-19(16)34-3/h4-11H,1-3H3,(H,29,32). The van der Waals surface area contributed by atoms with Crippen molar-refractivity contribution < 1.29 is 27.4 Å². The van der Waals surface area contributed by atoms with Crippen molar-refractivity contribution in [3.63, 3.8) is 0 Å². The number of benzene rings is 2. The number of methoxy groups -OCH3 is 2. The predicted molar refractivity (Wildman–Crippen MR) is 121 cm³/mol. The molecular formula is C23H18ClF3N4O3. The van der Waals surface area contributed by atoms with Crippen molar-refractivity contribution in [2.24, 2.45) is 0 Å². The minimum atomic E-state index is -4.73. The maximum absolute atomic E-state index is 13.8. The molecule has 0 spiro atoms. The Labute approximate surface area is 197 Å². The molecular weight excluding hydrogens is 473 g/mol. The molecule has 0 saturated carbocycles. The Morgan fingerprint density at radius 3 is 2.32 bits per heavy atom. The van der Waals surface area contributed by atoms with Crippen molar-refractivity contribution in [2.75, 3.05) is 19.5 Å². The number of hydrogen-bond acceptors (Lipinski definition) is 5. The van der Waals surface area contributed by atoms with E-state index in [2.05, 4.69) is 15.4 Å². The largest absolute Gasteiger partial charge is 0.495 e. The second-order valence-corrected chi connectivity index (χ2v) is 7.74. The molecule has 0 unspecified atom stereocenters. The van der Waals surface area contributed by atoms with Gasteiger partial charge in [-0.3, -0.25) is 4.79 Å². The Balaban J connectivity index is 1.77. The summed E-state index contributed by atoms with van der Waals surface area (Å²) in [6.07, 6.45) is -4.73. The first kappa shape index (κ1) is 23.4. The van der Waals surface area contributed by atoms with Gasteiger partial charge in [0.1, 0.15) is 11.5 Å². The Morgan fingerprint density at radius 1 is 1.03 bits per heavy atom. The van der Waals surface area contributed by atoms with Gasteiger partial charge in [0.2, 0.25) is 0 Å². The fourth-order valence-corrected chi connectivity index (χ4v) is 3.53. The van der Waals surface area contributed by atoms with E-state index in [4.69, 9.17) is 21.1 Å². The number of aromatic nitrogens is 3. The van der Waals surface area contributed by atoms with Gasteiger partial charge in [-0.05, 0) is 13.0 Å². The van der Waals surface area contributed by atoms with Crippen LogP contribution >= 0.6 is 11.6 Å². The van der Waals surface area contributed by atoms with E-state index in [1.807, 2.05) is 6.92 Å². The maximum atomic E-state index is 13.8. The lowest BCUT2D eigenvalue weighted by molar-refractivity contribution is -0.142. The molecule has 0 aliphatic rings. The average molecular weight is 491 g/mol. The van der Waals surface area contributed by atoms with Crippen LogP contribution in [-0.4, -0.2) is 34.7 Å². The lowest BCUT2D eigenvalue weighted by Gasteiger charge is -2.12. The topological polar surface area (TPSA) is 77.8 Å². The molecule has 0 fully saturated rings. The van der Waals surface area contributed by atoms with E-state index in [-0.39, 0.29) is 39.2 Å². The number of nitrogens with one attached hydrogen (secondary N) is 1. The number of rotatable bonds is 5. The van der Waals surface area contributed by atoms with E-state index in [1.165, 1.54) is 32.4 Å².